The Labute approximate surface area is 95.6 Å². The molecule has 1 unspecified atom stereocenters. The Morgan fingerprint density at radius 2 is 1.80 bits per heavy atom. The summed E-state index contributed by atoms with van der Waals surface area (Å²) in [7, 11) is 0. The third-order valence-corrected chi connectivity index (χ3v) is 2.48. The highest BCUT2D eigenvalue weighted by Gasteiger charge is 2.17. The Kier molecular flexibility index (Phi) is 4.15. The van der Waals surface area contributed by atoms with Crippen molar-refractivity contribution in [1.82, 2.24) is 5.32 Å². The van der Waals surface area contributed by atoms with E-state index in [1.807, 2.05) is 45.0 Å². The molecule has 3 heteroatoms. The molecule has 0 bridgehead atoms. The van der Waals surface area contributed by atoms with E-state index in [9.17, 15) is 4.79 Å². The Morgan fingerprint density at radius 1 is 1.27 bits per heavy atom. The van der Waals surface area contributed by atoms with Crippen molar-refractivity contribution in [3.63, 3.8) is 0 Å². The third kappa shape index (κ3) is 3.56. The number of nitrogens with one attached hydrogen (secondary N) is 1. The van der Waals surface area contributed by atoms with Crippen LogP contribution in [0.1, 0.15) is 30.4 Å². The number of alkyl halides is 1. The van der Waals surface area contributed by atoms with Crippen molar-refractivity contribution in [2.75, 3.05) is 0 Å². The first-order chi connectivity index (χ1) is 7.00. The van der Waals surface area contributed by atoms with Crippen LogP contribution < -0.4 is 5.32 Å². The number of amides is 1. The quantitative estimate of drug-likeness (QED) is 0.788. The molecule has 0 heterocycles. The maximum atomic E-state index is 11.6. The summed E-state index contributed by atoms with van der Waals surface area (Å²) in [6, 6.07) is 7.78. The van der Waals surface area contributed by atoms with Crippen LogP contribution in [-0.4, -0.2) is 11.9 Å². The second kappa shape index (κ2) is 5.17. The van der Waals surface area contributed by atoms with Gasteiger partial charge in [-0.3, -0.25) is 4.79 Å². The molecule has 0 saturated heterocycles. The van der Waals surface area contributed by atoms with Crippen LogP contribution in [-0.2, 0) is 4.79 Å². The van der Waals surface area contributed by atoms with Crippen LogP contribution in [0, 0.1) is 6.92 Å². The highest BCUT2D eigenvalue weighted by atomic mass is 35.5. The van der Waals surface area contributed by atoms with E-state index in [0.717, 1.165) is 11.1 Å². The molecule has 1 amide bonds. The Morgan fingerprint density at radius 3 is 2.27 bits per heavy atom. The first-order valence-corrected chi connectivity index (χ1v) is 5.45. The monoisotopic (exact) mass is 225 g/mol. The molecule has 0 spiro atoms. The molecule has 0 saturated carbocycles. The fraction of sp³-hybridized carbons (Fsp3) is 0.417. The van der Waals surface area contributed by atoms with Gasteiger partial charge in [-0.1, -0.05) is 29.8 Å². The maximum absolute atomic E-state index is 11.6. The number of carbonyl (C=O) groups excluding carboxylic acids is 1. The van der Waals surface area contributed by atoms with Gasteiger partial charge < -0.3 is 5.32 Å². The van der Waals surface area contributed by atoms with Crippen LogP contribution in [0.2, 0.25) is 0 Å². The SMILES string of the molecule is Cc1ccc(C(Cl)C(=O)NC(C)C)cc1. The van der Waals surface area contributed by atoms with Crippen LogP contribution in [0.15, 0.2) is 24.3 Å². The number of carbonyl (C=O) groups is 1. The lowest BCUT2D eigenvalue weighted by atomic mass is 10.1. The van der Waals surface area contributed by atoms with Gasteiger partial charge in [0.25, 0.3) is 0 Å². The molecule has 1 N–H and O–H groups in total. The van der Waals surface area contributed by atoms with Crippen molar-refractivity contribution < 1.29 is 4.79 Å². The van der Waals surface area contributed by atoms with E-state index < -0.39 is 5.38 Å². The van der Waals surface area contributed by atoms with Crippen molar-refractivity contribution in [2.45, 2.75) is 32.2 Å². The molecule has 15 heavy (non-hydrogen) atoms. The summed E-state index contributed by atoms with van der Waals surface area (Å²) in [5.74, 6) is -0.143. The minimum absolute atomic E-state index is 0.115. The van der Waals surface area contributed by atoms with Gasteiger partial charge in [-0.25, -0.2) is 0 Å². The van der Waals surface area contributed by atoms with Crippen LogP contribution in [0.4, 0.5) is 0 Å². The molecule has 1 atom stereocenters. The normalized spacial score (nSPS) is 12.6. The number of benzene rings is 1. The number of rotatable bonds is 3. The van der Waals surface area contributed by atoms with E-state index in [1.165, 1.54) is 0 Å². The van der Waals surface area contributed by atoms with Gasteiger partial charge >= 0.3 is 0 Å². The second-order valence-electron chi connectivity index (χ2n) is 3.94. The number of hydrogen-bond acceptors (Lipinski definition) is 1. The molecule has 0 aromatic heterocycles. The Balaban J connectivity index is 2.71. The fourth-order valence-corrected chi connectivity index (χ4v) is 1.45. The molecule has 0 fully saturated rings. The van der Waals surface area contributed by atoms with Crippen molar-refractivity contribution >= 4 is 17.5 Å². The zero-order chi connectivity index (χ0) is 11.4. The van der Waals surface area contributed by atoms with Crippen LogP contribution >= 0.6 is 11.6 Å². The van der Waals surface area contributed by atoms with E-state index in [2.05, 4.69) is 5.32 Å². The summed E-state index contributed by atoms with van der Waals surface area (Å²) >= 11 is 6.04. The summed E-state index contributed by atoms with van der Waals surface area (Å²) in [5, 5.41) is 2.18. The zero-order valence-corrected chi connectivity index (χ0v) is 10.0. The molecular formula is C12H16ClNO. The van der Waals surface area contributed by atoms with Crippen LogP contribution in [0.25, 0.3) is 0 Å². The van der Waals surface area contributed by atoms with Crippen molar-refractivity contribution in [3.05, 3.63) is 35.4 Å². The topological polar surface area (TPSA) is 29.1 Å². The van der Waals surface area contributed by atoms with E-state index >= 15 is 0 Å². The first-order valence-electron chi connectivity index (χ1n) is 5.01. The van der Waals surface area contributed by atoms with E-state index in [4.69, 9.17) is 11.6 Å². The number of halogens is 1. The van der Waals surface area contributed by atoms with Crippen LogP contribution in [0.5, 0.6) is 0 Å². The number of aryl methyl sites for hydroxylation is 1. The molecule has 0 radical (unpaired) electrons. The molecule has 0 aliphatic carbocycles. The van der Waals surface area contributed by atoms with Gasteiger partial charge in [0.05, 0.1) is 0 Å². The van der Waals surface area contributed by atoms with Gasteiger partial charge in [-0.15, -0.1) is 11.6 Å². The van der Waals surface area contributed by atoms with Crippen molar-refractivity contribution in [1.29, 1.82) is 0 Å². The van der Waals surface area contributed by atoms with E-state index in [0.29, 0.717) is 0 Å². The molecular weight excluding hydrogens is 210 g/mol. The van der Waals surface area contributed by atoms with Gasteiger partial charge in [0.15, 0.2) is 0 Å². The van der Waals surface area contributed by atoms with Gasteiger partial charge in [-0.2, -0.15) is 0 Å². The van der Waals surface area contributed by atoms with Crippen molar-refractivity contribution in [2.24, 2.45) is 0 Å². The van der Waals surface area contributed by atoms with Gasteiger partial charge in [0.1, 0.15) is 5.38 Å². The lowest BCUT2D eigenvalue weighted by Gasteiger charge is -2.13. The maximum Gasteiger partial charge on any atom is 0.242 e. The lowest BCUT2D eigenvalue weighted by molar-refractivity contribution is -0.121. The minimum Gasteiger partial charge on any atom is -0.352 e. The summed E-state index contributed by atoms with van der Waals surface area (Å²) in [6.07, 6.45) is 0. The third-order valence-electron chi connectivity index (χ3n) is 2.03. The summed E-state index contributed by atoms with van der Waals surface area (Å²) < 4.78 is 0. The lowest BCUT2D eigenvalue weighted by Crippen LogP contribution is -2.32. The summed E-state index contributed by atoms with van der Waals surface area (Å²) in [5.41, 5.74) is 1.99. The predicted octanol–water partition coefficient (Wildman–Crippen LogP) is 2.80. The Hall–Kier alpha value is -1.02. The predicted molar refractivity (Wildman–Crippen MR) is 63.1 cm³/mol. The average molecular weight is 226 g/mol. The van der Waals surface area contributed by atoms with Gasteiger partial charge in [-0.05, 0) is 26.3 Å². The van der Waals surface area contributed by atoms with E-state index in [-0.39, 0.29) is 11.9 Å². The summed E-state index contributed by atoms with van der Waals surface area (Å²) in [4.78, 5) is 11.6. The van der Waals surface area contributed by atoms with Gasteiger partial charge in [0, 0.05) is 6.04 Å². The molecule has 2 nitrogen and oxygen atoms in total. The van der Waals surface area contributed by atoms with Gasteiger partial charge in [0.2, 0.25) is 5.91 Å². The standard InChI is InChI=1S/C12H16ClNO/c1-8(2)14-12(15)11(13)10-6-4-9(3)5-7-10/h4-8,11H,1-3H3,(H,14,15). The Bertz CT molecular complexity index is 332. The second-order valence-corrected chi connectivity index (χ2v) is 4.37. The zero-order valence-electron chi connectivity index (χ0n) is 9.25. The molecule has 82 valence electrons. The highest BCUT2D eigenvalue weighted by molar-refractivity contribution is 6.30. The molecule has 1 aromatic rings. The smallest absolute Gasteiger partial charge is 0.242 e. The molecule has 0 aliphatic rings. The van der Waals surface area contributed by atoms with Crippen molar-refractivity contribution in [3.8, 4) is 0 Å². The average Bonchev–Trinajstić information content (AvgIpc) is 2.17. The fourth-order valence-electron chi connectivity index (χ4n) is 1.24. The number of hydrogen-bond donors (Lipinski definition) is 1. The highest BCUT2D eigenvalue weighted by Crippen LogP contribution is 2.20. The minimum atomic E-state index is -0.604. The largest absolute Gasteiger partial charge is 0.352 e. The molecule has 1 aromatic carbocycles. The first kappa shape index (κ1) is 12.1. The summed E-state index contributed by atoms with van der Waals surface area (Å²) in [6.45, 7) is 5.83. The van der Waals surface area contributed by atoms with Crippen LogP contribution in [0.3, 0.4) is 0 Å². The molecule has 0 aliphatic heterocycles. The van der Waals surface area contributed by atoms with E-state index in [1.54, 1.807) is 0 Å². The molecule has 1 rings (SSSR count).